The van der Waals surface area contributed by atoms with E-state index in [1.54, 1.807) is 10.6 Å². The van der Waals surface area contributed by atoms with Crippen LogP contribution in [0, 0.1) is 6.92 Å². The zero-order valence-corrected chi connectivity index (χ0v) is 22.7. The van der Waals surface area contributed by atoms with Crippen LogP contribution in [0.2, 0.25) is 0 Å². The number of fused-ring (bicyclic) bond motifs is 1. The van der Waals surface area contributed by atoms with Gasteiger partial charge in [0, 0.05) is 43.8 Å². The summed E-state index contributed by atoms with van der Waals surface area (Å²) < 4.78 is 1.72. The molecule has 2 aliphatic rings. The Kier molecular flexibility index (Phi) is 6.61. The molecule has 40 heavy (non-hydrogen) atoms. The molecule has 0 unspecified atom stereocenters. The third-order valence-corrected chi connectivity index (χ3v) is 8.26. The predicted octanol–water partition coefficient (Wildman–Crippen LogP) is 3.70. The maximum absolute atomic E-state index is 13.1. The van der Waals surface area contributed by atoms with Crippen molar-refractivity contribution in [2.45, 2.75) is 44.6 Å². The number of aromatic carboxylic acids is 1. The SMILES string of the molecule is Cc1cc(N2CC[C@](C)(c3ccccc3)C2)cn2nc(C(=O)NC3CCN(c4cc(C(=O)O)ccn4)CC3)nc12. The van der Waals surface area contributed by atoms with E-state index in [9.17, 15) is 14.7 Å². The molecule has 0 radical (unpaired) electrons. The van der Waals surface area contributed by atoms with Gasteiger partial charge in [-0.05, 0) is 55.5 Å². The van der Waals surface area contributed by atoms with Crippen LogP contribution in [0.4, 0.5) is 11.5 Å². The number of nitrogens with zero attached hydrogens (tertiary/aromatic N) is 6. The second-order valence-corrected chi connectivity index (χ2v) is 11.1. The summed E-state index contributed by atoms with van der Waals surface area (Å²) in [4.78, 5) is 37.7. The summed E-state index contributed by atoms with van der Waals surface area (Å²) in [5.41, 5.74) is 4.38. The van der Waals surface area contributed by atoms with E-state index in [-0.39, 0.29) is 28.8 Å². The van der Waals surface area contributed by atoms with Gasteiger partial charge in [-0.15, -0.1) is 5.10 Å². The minimum absolute atomic E-state index is 0.0186. The van der Waals surface area contributed by atoms with Crippen molar-refractivity contribution in [3.05, 3.63) is 83.4 Å². The summed E-state index contributed by atoms with van der Waals surface area (Å²) in [6.45, 7) is 7.52. The van der Waals surface area contributed by atoms with Gasteiger partial charge in [-0.3, -0.25) is 4.79 Å². The second-order valence-electron chi connectivity index (χ2n) is 11.1. The van der Waals surface area contributed by atoms with Crippen LogP contribution in [-0.4, -0.2) is 68.8 Å². The van der Waals surface area contributed by atoms with Crippen molar-refractivity contribution >= 4 is 29.0 Å². The summed E-state index contributed by atoms with van der Waals surface area (Å²) in [5.74, 6) is -0.458. The molecular weight excluding hydrogens is 506 g/mol. The first-order valence-electron chi connectivity index (χ1n) is 13.7. The van der Waals surface area contributed by atoms with E-state index in [1.165, 1.54) is 17.8 Å². The molecule has 0 spiro atoms. The Morgan fingerprint density at radius 3 is 2.58 bits per heavy atom. The first-order chi connectivity index (χ1) is 19.3. The number of carboxylic acids is 1. The summed E-state index contributed by atoms with van der Waals surface area (Å²) in [6.07, 6.45) is 5.99. The largest absolute Gasteiger partial charge is 0.478 e. The number of carboxylic acid groups (broad SMARTS) is 1. The molecule has 0 saturated carbocycles. The first-order valence-corrected chi connectivity index (χ1v) is 13.7. The van der Waals surface area contributed by atoms with Crippen LogP contribution in [0.15, 0.2) is 60.9 Å². The summed E-state index contributed by atoms with van der Waals surface area (Å²) in [7, 11) is 0. The number of carbonyl (C=O) groups is 2. The van der Waals surface area contributed by atoms with Crippen molar-refractivity contribution in [2.75, 3.05) is 36.0 Å². The molecule has 4 aromatic rings. The van der Waals surface area contributed by atoms with Crippen molar-refractivity contribution in [3.8, 4) is 0 Å². The molecule has 0 bridgehead atoms. The van der Waals surface area contributed by atoms with Crippen molar-refractivity contribution in [1.29, 1.82) is 0 Å². The molecule has 2 fully saturated rings. The fourth-order valence-corrected chi connectivity index (χ4v) is 5.89. The molecule has 1 aromatic carbocycles. The van der Waals surface area contributed by atoms with Gasteiger partial charge in [0.1, 0.15) is 5.82 Å². The van der Waals surface area contributed by atoms with Gasteiger partial charge >= 0.3 is 5.97 Å². The van der Waals surface area contributed by atoms with Crippen molar-refractivity contribution in [2.24, 2.45) is 0 Å². The molecule has 3 aromatic heterocycles. The molecule has 10 nitrogen and oxygen atoms in total. The Hall–Kier alpha value is -4.47. The number of amides is 1. The molecule has 0 aliphatic carbocycles. The highest BCUT2D eigenvalue weighted by Gasteiger charge is 2.35. The molecule has 206 valence electrons. The minimum atomic E-state index is -0.973. The highest BCUT2D eigenvalue weighted by atomic mass is 16.4. The normalized spacial score (nSPS) is 19.8. The molecule has 2 saturated heterocycles. The smallest absolute Gasteiger partial charge is 0.335 e. The van der Waals surface area contributed by atoms with Gasteiger partial charge in [-0.2, -0.15) is 0 Å². The van der Waals surface area contributed by atoms with E-state index in [0.29, 0.717) is 24.6 Å². The van der Waals surface area contributed by atoms with E-state index < -0.39 is 5.97 Å². The Morgan fingerprint density at radius 1 is 1.05 bits per heavy atom. The number of rotatable bonds is 6. The van der Waals surface area contributed by atoms with E-state index in [1.807, 2.05) is 18.0 Å². The Labute approximate surface area is 232 Å². The number of aryl methyl sites for hydroxylation is 1. The van der Waals surface area contributed by atoms with Gasteiger partial charge < -0.3 is 20.2 Å². The van der Waals surface area contributed by atoms with Crippen LogP contribution >= 0.6 is 0 Å². The minimum Gasteiger partial charge on any atom is -0.478 e. The average Bonchev–Trinajstić information content (AvgIpc) is 3.59. The maximum Gasteiger partial charge on any atom is 0.335 e. The lowest BCUT2D eigenvalue weighted by Gasteiger charge is -2.33. The lowest BCUT2D eigenvalue weighted by atomic mass is 9.82. The quantitative estimate of drug-likeness (QED) is 0.381. The molecule has 2 aliphatic heterocycles. The number of pyridine rings is 2. The number of anilines is 2. The summed E-state index contributed by atoms with van der Waals surface area (Å²) in [5, 5.41) is 16.9. The zero-order valence-electron chi connectivity index (χ0n) is 22.7. The van der Waals surface area contributed by atoms with Crippen molar-refractivity contribution in [3.63, 3.8) is 0 Å². The number of hydrogen-bond acceptors (Lipinski definition) is 7. The molecule has 5 heterocycles. The lowest BCUT2D eigenvalue weighted by Crippen LogP contribution is -2.45. The topological polar surface area (TPSA) is 116 Å². The van der Waals surface area contributed by atoms with Crippen molar-refractivity contribution < 1.29 is 14.7 Å². The van der Waals surface area contributed by atoms with E-state index in [2.05, 4.69) is 68.6 Å². The third-order valence-electron chi connectivity index (χ3n) is 8.26. The zero-order chi connectivity index (χ0) is 27.9. The van der Waals surface area contributed by atoms with Gasteiger partial charge in [-0.1, -0.05) is 37.3 Å². The van der Waals surface area contributed by atoms with E-state index >= 15 is 0 Å². The van der Waals surface area contributed by atoms with E-state index in [4.69, 9.17) is 0 Å². The van der Waals surface area contributed by atoms with Crippen LogP contribution < -0.4 is 15.1 Å². The number of aromatic nitrogens is 4. The maximum atomic E-state index is 13.1. The van der Waals surface area contributed by atoms with E-state index in [0.717, 1.165) is 43.6 Å². The highest BCUT2D eigenvalue weighted by Crippen LogP contribution is 2.36. The van der Waals surface area contributed by atoms with Crippen LogP contribution in [0.3, 0.4) is 0 Å². The predicted molar refractivity (Wildman–Crippen MR) is 152 cm³/mol. The van der Waals surface area contributed by atoms with Crippen LogP contribution in [0.5, 0.6) is 0 Å². The second kappa shape index (κ2) is 10.3. The van der Waals surface area contributed by atoms with Crippen molar-refractivity contribution in [1.82, 2.24) is 24.9 Å². The fraction of sp³-hybridized carbons (Fsp3) is 0.367. The lowest BCUT2D eigenvalue weighted by molar-refractivity contribution is 0.0696. The number of piperidine rings is 1. The summed E-state index contributed by atoms with van der Waals surface area (Å²) in [6, 6.07) is 15.8. The fourth-order valence-electron chi connectivity index (χ4n) is 5.89. The van der Waals surface area contributed by atoms with Gasteiger partial charge in [0.05, 0.1) is 17.4 Å². The van der Waals surface area contributed by atoms with Gasteiger partial charge in [-0.25, -0.2) is 19.3 Å². The van der Waals surface area contributed by atoms with Crippen LogP contribution in [0.1, 0.15) is 58.3 Å². The van der Waals surface area contributed by atoms with Crippen LogP contribution in [0.25, 0.3) is 5.65 Å². The first kappa shape index (κ1) is 25.8. The standard InChI is InChI=1S/C30H33N7O3/c1-20-16-24(36-15-11-30(2,19-36)22-6-4-3-5-7-22)18-37-27(20)33-26(34-37)28(38)32-23-9-13-35(14-10-23)25-17-21(29(39)40)8-12-31-25/h3-8,12,16-18,23H,9-11,13-15,19H2,1-2H3,(H,32,38)(H,39,40)/t30-/m0/s1. The number of hydrogen-bond donors (Lipinski definition) is 2. The molecule has 6 rings (SSSR count). The monoisotopic (exact) mass is 539 g/mol. The molecule has 1 amide bonds. The van der Waals surface area contributed by atoms with Gasteiger partial charge in [0.2, 0.25) is 5.82 Å². The highest BCUT2D eigenvalue weighted by molar-refractivity contribution is 5.91. The summed E-state index contributed by atoms with van der Waals surface area (Å²) >= 11 is 0. The average molecular weight is 540 g/mol. The molecular formula is C30H33N7O3. The number of benzene rings is 1. The number of carbonyl (C=O) groups excluding carboxylic acids is 1. The Morgan fingerprint density at radius 2 is 1.82 bits per heavy atom. The molecule has 2 N–H and O–H groups in total. The van der Waals surface area contributed by atoms with Crippen LogP contribution in [-0.2, 0) is 5.41 Å². The Balaban J connectivity index is 1.11. The number of nitrogens with one attached hydrogen (secondary N) is 1. The van der Waals surface area contributed by atoms with Gasteiger partial charge in [0.15, 0.2) is 5.65 Å². The van der Waals surface area contributed by atoms with Gasteiger partial charge in [0.25, 0.3) is 5.91 Å². The third kappa shape index (κ3) is 4.97. The molecule has 10 heteroatoms. The Bertz CT molecular complexity index is 1560. The molecule has 1 atom stereocenters.